The topological polar surface area (TPSA) is 96.8 Å². The number of aromatic nitrogens is 2. The molecule has 4 rings (SSSR count). The smallest absolute Gasteiger partial charge is 0.260 e. The van der Waals surface area contributed by atoms with Crippen LogP contribution in [0.2, 0.25) is 0 Å². The number of hydrogen-bond donors (Lipinski definition) is 3. The van der Waals surface area contributed by atoms with Crippen LogP contribution in [0.15, 0.2) is 67.0 Å². The molecule has 130 valence electrons. The zero-order chi connectivity index (χ0) is 17.4. The standard InChI is InChI=1S/C19H15N5O.ClH/c20-19(21)23-18(25)15-11-24(16-8-4-3-7-14(15)16)17-13-6-2-1-5-12(13)9-10-22-17;/h1-11H,(H4,20,21,23,25);1H. The third kappa shape index (κ3) is 2.87. The molecule has 7 heteroatoms. The van der Waals surface area contributed by atoms with E-state index in [0.717, 1.165) is 27.5 Å². The Balaban J connectivity index is 0.00000196. The number of amides is 1. The molecule has 0 saturated carbocycles. The molecule has 2 heterocycles. The van der Waals surface area contributed by atoms with E-state index in [4.69, 9.17) is 11.1 Å². The number of nitrogens with one attached hydrogen (secondary N) is 2. The maximum atomic E-state index is 12.4. The van der Waals surface area contributed by atoms with Crippen molar-refractivity contribution in [3.8, 4) is 5.82 Å². The zero-order valence-corrected chi connectivity index (χ0v) is 14.5. The van der Waals surface area contributed by atoms with Crippen molar-refractivity contribution in [2.24, 2.45) is 5.73 Å². The lowest BCUT2D eigenvalue weighted by Gasteiger charge is -2.08. The van der Waals surface area contributed by atoms with Gasteiger partial charge in [0.25, 0.3) is 5.91 Å². The van der Waals surface area contributed by atoms with Crippen molar-refractivity contribution in [2.45, 2.75) is 0 Å². The van der Waals surface area contributed by atoms with Gasteiger partial charge in [-0.25, -0.2) is 4.98 Å². The van der Waals surface area contributed by atoms with E-state index in [2.05, 4.69) is 10.3 Å². The SMILES string of the molecule is Cl.N=C(N)NC(=O)c1cn(-c2nccc3ccccc23)c2ccccc12. The molecule has 0 fully saturated rings. The van der Waals surface area contributed by atoms with Gasteiger partial charge in [-0.1, -0.05) is 42.5 Å². The van der Waals surface area contributed by atoms with Crippen LogP contribution in [0.5, 0.6) is 0 Å². The Hall–Kier alpha value is -3.38. The Labute approximate surface area is 155 Å². The van der Waals surface area contributed by atoms with Gasteiger partial charge in [0.05, 0.1) is 11.1 Å². The highest BCUT2D eigenvalue weighted by Crippen LogP contribution is 2.27. The maximum absolute atomic E-state index is 12.4. The summed E-state index contributed by atoms with van der Waals surface area (Å²) in [7, 11) is 0. The van der Waals surface area contributed by atoms with Gasteiger partial charge in [-0.05, 0) is 17.5 Å². The van der Waals surface area contributed by atoms with E-state index in [1.165, 1.54) is 0 Å². The van der Waals surface area contributed by atoms with E-state index >= 15 is 0 Å². The molecule has 0 aliphatic carbocycles. The number of carbonyl (C=O) groups excluding carboxylic acids is 1. The molecule has 0 bridgehead atoms. The number of rotatable bonds is 2. The summed E-state index contributed by atoms with van der Waals surface area (Å²) in [5, 5.41) is 12.5. The average Bonchev–Trinajstić information content (AvgIpc) is 3.00. The second-order valence-corrected chi connectivity index (χ2v) is 5.65. The summed E-state index contributed by atoms with van der Waals surface area (Å²) in [5.41, 5.74) is 6.61. The number of nitrogens with two attached hydrogens (primary N) is 1. The fraction of sp³-hybridized carbons (Fsp3) is 0. The summed E-state index contributed by atoms with van der Waals surface area (Å²) in [6.45, 7) is 0. The van der Waals surface area contributed by atoms with Crippen molar-refractivity contribution in [3.63, 3.8) is 0 Å². The van der Waals surface area contributed by atoms with Crippen LogP contribution in [0, 0.1) is 5.41 Å². The molecular formula is C19H16ClN5O. The minimum Gasteiger partial charge on any atom is -0.370 e. The minimum absolute atomic E-state index is 0. The largest absolute Gasteiger partial charge is 0.370 e. The van der Waals surface area contributed by atoms with Gasteiger partial charge in [-0.3, -0.25) is 20.1 Å². The molecule has 0 unspecified atom stereocenters. The Morgan fingerprint density at radius 2 is 1.73 bits per heavy atom. The molecule has 0 saturated heterocycles. The quantitative estimate of drug-likeness (QED) is 0.376. The van der Waals surface area contributed by atoms with Gasteiger partial charge in [-0.15, -0.1) is 12.4 Å². The number of fused-ring (bicyclic) bond motifs is 2. The van der Waals surface area contributed by atoms with Crippen molar-refractivity contribution in [2.75, 3.05) is 0 Å². The van der Waals surface area contributed by atoms with Gasteiger partial charge in [0.15, 0.2) is 5.96 Å². The number of halogens is 1. The lowest BCUT2D eigenvalue weighted by molar-refractivity contribution is 0.0978. The van der Waals surface area contributed by atoms with Crippen LogP contribution in [0.4, 0.5) is 0 Å². The lowest BCUT2D eigenvalue weighted by atomic mass is 10.1. The highest BCUT2D eigenvalue weighted by Gasteiger charge is 2.17. The van der Waals surface area contributed by atoms with E-state index in [0.29, 0.717) is 5.56 Å². The number of benzene rings is 2. The summed E-state index contributed by atoms with van der Waals surface area (Å²) < 4.78 is 1.90. The number of pyridine rings is 1. The molecule has 4 N–H and O–H groups in total. The first-order valence-electron chi connectivity index (χ1n) is 7.75. The highest BCUT2D eigenvalue weighted by atomic mass is 35.5. The lowest BCUT2D eigenvalue weighted by Crippen LogP contribution is -2.35. The van der Waals surface area contributed by atoms with Crippen LogP contribution in [0.25, 0.3) is 27.5 Å². The average molecular weight is 366 g/mol. The summed E-state index contributed by atoms with van der Waals surface area (Å²) in [5.74, 6) is -0.0519. The predicted octanol–water partition coefficient (Wildman–Crippen LogP) is 3.22. The predicted molar refractivity (Wildman–Crippen MR) is 105 cm³/mol. The molecule has 1 amide bonds. The molecule has 4 aromatic rings. The van der Waals surface area contributed by atoms with Crippen LogP contribution >= 0.6 is 12.4 Å². The second-order valence-electron chi connectivity index (χ2n) is 5.65. The van der Waals surface area contributed by atoms with Crippen molar-refractivity contribution < 1.29 is 4.79 Å². The van der Waals surface area contributed by atoms with E-state index in [1.807, 2.05) is 59.2 Å². The van der Waals surface area contributed by atoms with Crippen molar-refractivity contribution in [3.05, 3.63) is 72.6 Å². The molecule has 0 atom stereocenters. The Bertz CT molecular complexity index is 1130. The first-order chi connectivity index (χ1) is 12.1. The Kier molecular flexibility index (Phi) is 4.60. The normalized spacial score (nSPS) is 10.5. The summed E-state index contributed by atoms with van der Waals surface area (Å²) in [6, 6.07) is 17.5. The van der Waals surface area contributed by atoms with E-state index in [1.54, 1.807) is 12.4 Å². The number of para-hydroxylation sites is 1. The highest BCUT2D eigenvalue weighted by molar-refractivity contribution is 6.12. The van der Waals surface area contributed by atoms with Gasteiger partial charge >= 0.3 is 0 Å². The molecular weight excluding hydrogens is 350 g/mol. The third-order valence-electron chi connectivity index (χ3n) is 4.09. The molecule has 2 aromatic heterocycles. The number of nitrogens with zero attached hydrogens (tertiary/aromatic N) is 2. The summed E-state index contributed by atoms with van der Waals surface area (Å²) in [6.07, 6.45) is 3.49. The van der Waals surface area contributed by atoms with Crippen molar-refractivity contribution >= 4 is 45.9 Å². The van der Waals surface area contributed by atoms with Gasteiger partial charge < -0.3 is 5.73 Å². The Morgan fingerprint density at radius 3 is 2.50 bits per heavy atom. The van der Waals surface area contributed by atoms with Crippen LogP contribution in [-0.4, -0.2) is 21.4 Å². The van der Waals surface area contributed by atoms with Crippen LogP contribution in [0.3, 0.4) is 0 Å². The van der Waals surface area contributed by atoms with Gasteiger partial charge in [0, 0.05) is 23.2 Å². The number of hydrogen-bond acceptors (Lipinski definition) is 3. The molecule has 0 aliphatic rings. The molecule has 6 nitrogen and oxygen atoms in total. The summed E-state index contributed by atoms with van der Waals surface area (Å²) >= 11 is 0. The molecule has 26 heavy (non-hydrogen) atoms. The van der Waals surface area contributed by atoms with Crippen molar-refractivity contribution in [1.82, 2.24) is 14.9 Å². The molecule has 0 aliphatic heterocycles. The maximum Gasteiger partial charge on any atom is 0.260 e. The fourth-order valence-corrected chi connectivity index (χ4v) is 3.02. The molecule has 2 aromatic carbocycles. The first kappa shape index (κ1) is 17.4. The van der Waals surface area contributed by atoms with Crippen LogP contribution in [-0.2, 0) is 0 Å². The van der Waals surface area contributed by atoms with Gasteiger partial charge in [0.1, 0.15) is 5.82 Å². The number of carbonyl (C=O) groups is 1. The van der Waals surface area contributed by atoms with E-state index in [-0.39, 0.29) is 18.4 Å². The minimum atomic E-state index is -0.414. The van der Waals surface area contributed by atoms with Crippen LogP contribution < -0.4 is 11.1 Å². The van der Waals surface area contributed by atoms with E-state index in [9.17, 15) is 4.79 Å². The molecule has 0 radical (unpaired) electrons. The molecule has 0 spiro atoms. The fourth-order valence-electron chi connectivity index (χ4n) is 3.02. The van der Waals surface area contributed by atoms with Crippen molar-refractivity contribution in [1.29, 1.82) is 5.41 Å². The number of guanidine groups is 1. The third-order valence-corrected chi connectivity index (χ3v) is 4.09. The zero-order valence-electron chi connectivity index (χ0n) is 13.6. The van der Waals surface area contributed by atoms with Gasteiger partial charge in [0.2, 0.25) is 0 Å². The first-order valence-corrected chi connectivity index (χ1v) is 7.75. The monoisotopic (exact) mass is 365 g/mol. The Morgan fingerprint density at radius 1 is 1.04 bits per heavy atom. The van der Waals surface area contributed by atoms with E-state index < -0.39 is 5.91 Å². The second kappa shape index (κ2) is 6.85. The van der Waals surface area contributed by atoms with Gasteiger partial charge in [-0.2, -0.15) is 0 Å². The summed E-state index contributed by atoms with van der Waals surface area (Å²) in [4.78, 5) is 16.9. The van der Waals surface area contributed by atoms with Crippen LogP contribution in [0.1, 0.15) is 10.4 Å².